The van der Waals surface area contributed by atoms with Gasteiger partial charge in [0.05, 0.1) is 27.6 Å². The molecule has 0 fully saturated rings. The van der Waals surface area contributed by atoms with Gasteiger partial charge in [0.25, 0.3) is 0 Å². The van der Waals surface area contributed by atoms with Crippen molar-refractivity contribution in [2.45, 2.75) is 0 Å². The Morgan fingerprint density at radius 2 is 0.898 bits per heavy atom. The highest BCUT2D eigenvalue weighted by atomic mass is 15.2. The van der Waals surface area contributed by atoms with Crippen molar-refractivity contribution in [1.82, 2.24) is 18.9 Å². The summed E-state index contributed by atoms with van der Waals surface area (Å²) < 4.78 is 4.56. The van der Waals surface area contributed by atoms with Crippen LogP contribution in [-0.2, 0) is 0 Å². The summed E-state index contributed by atoms with van der Waals surface area (Å²) in [4.78, 5) is 12.8. The minimum atomic E-state index is 0.821. The summed E-state index contributed by atoms with van der Waals surface area (Å²) in [5.74, 6) is 0.821. The van der Waals surface area contributed by atoms with Crippen LogP contribution in [-0.4, -0.2) is 18.9 Å². The molecule has 0 atom stereocenters. The fourth-order valence-corrected chi connectivity index (χ4v) is 8.92. The van der Waals surface area contributed by atoms with Crippen molar-refractivity contribution < 1.29 is 0 Å². The van der Waals surface area contributed by atoms with Crippen molar-refractivity contribution in [1.29, 1.82) is 0 Å². The molecule has 12 rings (SSSR count). The molecular formula is C54H35N5. The maximum Gasteiger partial charge on any atom is 0.221 e. The highest BCUT2D eigenvalue weighted by Crippen LogP contribution is 2.40. The van der Waals surface area contributed by atoms with E-state index >= 15 is 0 Å². The monoisotopic (exact) mass is 753 g/mol. The third kappa shape index (κ3) is 5.33. The van der Waals surface area contributed by atoms with Crippen molar-refractivity contribution in [3.63, 3.8) is 0 Å². The Kier molecular flexibility index (Phi) is 7.47. The van der Waals surface area contributed by atoms with Gasteiger partial charge in [0, 0.05) is 33.2 Å². The van der Waals surface area contributed by atoms with E-state index in [1.165, 1.54) is 38.2 Å². The van der Waals surface area contributed by atoms with Crippen LogP contribution in [0.5, 0.6) is 0 Å². The second-order valence-corrected chi connectivity index (χ2v) is 15.1. The van der Waals surface area contributed by atoms with E-state index in [1.54, 1.807) is 0 Å². The molecule has 276 valence electrons. The second-order valence-electron chi connectivity index (χ2n) is 15.1. The number of rotatable bonds is 6. The first-order valence-electron chi connectivity index (χ1n) is 20.0. The molecule has 0 bridgehead atoms. The first-order valence-corrected chi connectivity index (χ1v) is 20.0. The van der Waals surface area contributed by atoms with Gasteiger partial charge >= 0.3 is 0 Å². The molecule has 0 N–H and O–H groups in total. The molecule has 9 aromatic carbocycles. The van der Waals surface area contributed by atoms with Crippen molar-refractivity contribution in [2.24, 2.45) is 0 Å². The van der Waals surface area contributed by atoms with E-state index in [0.29, 0.717) is 0 Å². The normalized spacial score (nSPS) is 11.7. The molecule has 59 heavy (non-hydrogen) atoms. The molecule has 0 radical (unpaired) electrons. The number of para-hydroxylation sites is 5. The molecule has 0 saturated heterocycles. The van der Waals surface area contributed by atoms with Gasteiger partial charge in [0.2, 0.25) is 5.95 Å². The maximum atomic E-state index is 5.40. The van der Waals surface area contributed by atoms with Gasteiger partial charge in [0.15, 0.2) is 0 Å². The van der Waals surface area contributed by atoms with Crippen LogP contribution >= 0.6 is 0 Å². The number of anilines is 3. The highest BCUT2D eigenvalue weighted by molar-refractivity contribution is 6.22. The third-order valence-corrected chi connectivity index (χ3v) is 11.7. The molecule has 0 saturated carbocycles. The van der Waals surface area contributed by atoms with Crippen LogP contribution in [0.1, 0.15) is 0 Å². The molecule has 0 aliphatic heterocycles. The summed E-state index contributed by atoms with van der Waals surface area (Å²) in [5.41, 5.74) is 14.0. The average molecular weight is 754 g/mol. The van der Waals surface area contributed by atoms with Gasteiger partial charge in [-0.3, -0.25) is 8.97 Å². The molecule has 0 amide bonds. The largest absolute Gasteiger partial charge is 0.311 e. The minimum Gasteiger partial charge on any atom is -0.311 e. The Morgan fingerprint density at radius 3 is 1.63 bits per heavy atom. The van der Waals surface area contributed by atoms with E-state index < -0.39 is 0 Å². The number of hydrogen-bond donors (Lipinski definition) is 0. The first-order chi connectivity index (χ1) is 29.3. The van der Waals surface area contributed by atoms with Crippen molar-refractivity contribution in [3.8, 4) is 28.2 Å². The van der Waals surface area contributed by atoms with Crippen LogP contribution in [0.2, 0.25) is 0 Å². The van der Waals surface area contributed by atoms with Crippen LogP contribution in [0, 0.1) is 0 Å². The third-order valence-electron chi connectivity index (χ3n) is 11.7. The quantitative estimate of drug-likeness (QED) is 0.170. The fourth-order valence-electron chi connectivity index (χ4n) is 8.92. The first kappa shape index (κ1) is 33.2. The lowest BCUT2D eigenvalue weighted by atomic mass is 9.98. The van der Waals surface area contributed by atoms with Gasteiger partial charge in [-0.05, 0) is 112 Å². The summed E-state index contributed by atoms with van der Waals surface area (Å²) in [6, 6.07) is 75.6. The van der Waals surface area contributed by atoms with E-state index in [0.717, 1.165) is 67.2 Å². The zero-order chi connectivity index (χ0) is 38.9. The number of aromatic nitrogens is 4. The summed E-state index contributed by atoms with van der Waals surface area (Å²) >= 11 is 0. The predicted molar refractivity (Wildman–Crippen MR) is 245 cm³/mol. The van der Waals surface area contributed by atoms with E-state index in [1.807, 2.05) is 6.07 Å². The van der Waals surface area contributed by atoms with Crippen LogP contribution < -0.4 is 4.90 Å². The fraction of sp³-hybridized carbons (Fsp3) is 0. The standard InChI is InChI=1S/C54H35N5/c1-3-14-41(15-4-1)57(42-16-5-2-6-17-42)43-31-27-37(28-32-43)36-23-25-38(26-24-36)40-30-33-49-46(35-40)52-44-18-8-7-13-39(44)29-34-51(52)58(49)54-56-47-20-10-9-19-45(47)53-55-48-21-11-12-22-50(48)59(53)54/h1-35H. The number of benzene rings is 9. The van der Waals surface area contributed by atoms with Gasteiger partial charge in [-0.2, -0.15) is 0 Å². The Morgan fingerprint density at radius 1 is 0.356 bits per heavy atom. The molecule has 12 aromatic rings. The summed E-state index contributed by atoms with van der Waals surface area (Å²) in [5, 5.41) is 5.85. The Balaban J connectivity index is 0.982. The van der Waals surface area contributed by atoms with Crippen molar-refractivity contribution in [3.05, 3.63) is 212 Å². The van der Waals surface area contributed by atoms with E-state index in [2.05, 4.69) is 220 Å². The number of fused-ring (bicyclic) bond motifs is 10. The number of hydrogen-bond acceptors (Lipinski definition) is 3. The average Bonchev–Trinajstić information content (AvgIpc) is 3.87. The van der Waals surface area contributed by atoms with Gasteiger partial charge in [0.1, 0.15) is 5.65 Å². The zero-order valence-electron chi connectivity index (χ0n) is 31.9. The molecule has 5 heteroatoms. The van der Waals surface area contributed by atoms with Gasteiger partial charge in [-0.15, -0.1) is 0 Å². The Bertz CT molecular complexity index is 3490. The van der Waals surface area contributed by atoms with E-state index in [4.69, 9.17) is 9.97 Å². The topological polar surface area (TPSA) is 38.4 Å². The highest BCUT2D eigenvalue weighted by Gasteiger charge is 2.21. The summed E-state index contributed by atoms with van der Waals surface area (Å²) in [7, 11) is 0. The molecule has 0 aliphatic carbocycles. The molecule has 3 aromatic heterocycles. The van der Waals surface area contributed by atoms with Gasteiger partial charge in [-0.25, -0.2) is 9.97 Å². The minimum absolute atomic E-state index is 0.821. The molecular weight excluding hydrogens is 719 g/mol. The second kappa shape index (κ2) is 13.3. The van der Waals surface area contributed by atoms with Gasteiger partial charge in [-0.1, -0.05) is 133 Å². The SMILES string of the molecule is c1ccc(N(c2ccccc2)c2ccc(-c3ccc(-c4ccc5c(c4)c4c6ccccc6ccc4n5-c4nc5ccccc5c5nc6ccccc6n45)cc3)cc2)cc1. The smallest absolute Gasteiger partial charge is 0.221 e. The molecule has 0 spiro atoms. The summed E-state index contributed by atoms with van der Waals surface area (Å²) in [6.45, 7) is 0. The molecule has 0 aliphatic rings. The molecule has 5 nitrogen and oxygen atoms in total. The van der Waals surface area contributed by atoms with Gasteiger partial charge < -0.3 is 4.90 Å². The van der Waals surface area contributed by atoms with Crippen molar-refractivity contribution in [2.75, 3.05) is 4.90 Å². The number of imidazole rings is 1. The van der Waals surface area contributed by atoms with Crippen LogP contribution in [0.3, 0.4) is 0 Å². The summed E-state index contributed by atoms with van der Waals surface area (Å²) in [6.07, 6.45) is 0. The van der Waals surface area contributed by atoms with Crippen molar-refractivity contribution >= 4 is 77.2 Å². The Labute approximate surface area is 340 Å². The van der Waals surface area contributed by atoms with E-state index in [-0.39, 0.29) is 0 Å². The lowest BCUT2D eigenvalue weighted by Gasteiger charge is -2.25. The number of nitrogens with zero attached hydrogens (tertiary/aromatic N) is 5. The van der Waals surface area contributed by atoms with E-state index in [9.17, 15) is 0 Å². The lowest BCUT2D eigenvalue weighted by molar-refractivity contribution is 0.980. The molecule has 0 unspecified atom stereocenters. The maximum absolute atomic E-state index is 5.40. The van der Waals surface area contributed by atoms with Crippen LogP contribution in [0.25, 0.3) is 88.4 Å². The Hall–Kier alpha value is -8.02. The predicted octanol–water partition coefficient (Wildman–Crippen LogP) is 14.1. The molecule has 3 heterocycles. The van der Waals surface area contributed by atoms with Crippen LogP contribution in [0.4, 0.5) is 17.1 Å². The zero-order valence-corrected chi connectivity index (χ0v) is 31.9. The lowest BCUT2D eigenvalue weighted by Crippen LogP contribution is -2.09. The van der Waals surface area contributed by atoms with Crippen LogP contribution in [0.15, 0.2) is 212 Å².